The van der Waals surface area contributed by atoms with E-state index in [2.05, 4.69) is 31.6 Å². The number of aromatic nitrogens is 4. The third-order valence-electron chi connectivity index (χ3n) is 4.49. The van der Waals surface area contributed by atoms with Crippen LogP contribution in [-0.4, -0.2) is 38.6 Å². The molecule has 0 aromatic carbocycles. The van der Waals surface area contributed by atoms with Crippen LogP contribution in [0.3, 0.4) is 0 Å². The van der Waals surface area contributed by atoms with Crippen LogP contribution in [0, 0.1) is 13.8 Å². The Kier molecular flexibility index (Phi) is 7.49. The minimum atomic E-state index is 0. The van der Waals surface area contributed by atoms with Crippen molar-refractivity contribution in [2.75, 3.05) is 13.1 Å². The molecule has 0 saturated heterocycles. The van der Waals surface area contributed by atoms with E-state index in [0.29, 0.717) is 31.0 Å². The highest BCUT2D eigenvalue weighted by Gasteiger charge is 2.12. The van der Waals surface area contributed by atoms with Crippen LogP contribution in [0.15, 0.2) is 6.07 Å². The molecular formula is C17H26Cl2N6O. The highest BCUT2D eigenvalue weighted by Crippen LogP contribution is 2.18. The van der Waals surface area contributed by atoms with Gasteiger partial charge in [0.25, 0.3) is 0 Å². The highest BCUT2D eigenvalue weighted by molar-refractivity contribution is 6.31. The average Bonchev–Trinajstić information content (AvgIpc) is 2.99. The lowest BCUT2D eigenvalue weighted by Gasteiger charge is -2.06. The molecule has 1 aliphatic rings. The third kappa shape index (κ3) is 4.99. The molecule has 2 N–H and O–H groups in total. The molecule has 1 amide bonds. The minimum absolute atomic E-state index is 0. The lowest BCUT2D eigenvalue weighted by Crippen LogP contribution is -2.28. The molecule has 2 aromatic heterocycles. The second-order valence-corrected chi connectivity index (χ2v) is 6.82. The van der Waals surface area contributed by atoms with E-state index >= 15 is 0 Å². The first-order valence-corrected chi connectivity index (χ1v) is 9.15. The minimum Gasteiger partial charge on any atom is -0.354 e. The van der Waals surface area contributed by atoms with Crippen LogP contribution >= 0.6 is 24.0 Å². The molecule has 7 nitrogen and oxygen atoms in total. The molecule has 0 atom stereocenters. The van der Waals surface area contributed by atoms with Crippen LogP contribution in [0.25, 0.3) is 0 Å². The summed E-state index contributed by atoms with van der Waals surface area (Å²) in [5, 5.41) is 16.0. The van der Waals surface area contributed by atoms with E-state index in [1.165, 1.54) is 5.69 Å². The zero-order valence-corrected chi connectivity index (χ0v) is 16.8. The van der Waals surface area contributed by atoms with Crippen LogP contribution in [0.2, 0.25) is 5.02 Å². The number of amides is 1. The van der Waals surface area contributed by atoms with Gasteiger partial charge in [-0.1, -0.05) is 11.6 Å². The van der Waals surface area contributed by atoms with Gasteiger partial charge in [0.1, 0.15) is 0 Å². The van der Waals surface area contributed by atoms with E-state index in [0.717, 1.165) is 43.1 Å². The third-order valence-corrected chi connectivity index (χ3v) is 5.04. The molecule has 9 heteroatoms. The Morgan fingerprint density at radius 1 is 1.38 bits per heavy atom. The zero-order valence-electron chi connectivity index (χ0n) is 15.2. The van der Waals surface area contributed by atoms with Gasteiger partial charge in [0, 0.05) is 32.5 Å². The molecular weight excluding hydrogens is 375 g/mol. The number of carbonyl (C=O) groups excluding carboxylic acids is 1. The van der Waals surface area contributed by atoms with Crippen molar-refractivity contribution >= 4 is 29.9 Å². The number of aryl methyl sites for hydroxylation is 3. The second-order valence-electron chi connectivity index (χ2n) is 6.44. The van der Waals surface area contributed by atoms with Crippen molar-refractivity contribution in [1.29, 1.82) is 0 Å². The molecule has 0 fully saturated rings. The van der Waals surface area contributed by atoms with Gasteiger partial charge in [0.2, 0.25) is 5.91 Å². The maximum atomic E-state index is 12.0. The number of hydrogen-bond acceptors (Lipinski definition) is 4. The molecule has 0 saturated carbocycles. The van der Waals surface area contributed by atoms with Crippen molar-refractivity contribution in [3.05, 3.63) is 33.9 Å². The summed E-state index contributed by atoms with van der Waals surface area (Å²) < 4.78 is 3.89. The van der Waals surface area contributed by atoms with Crippen LogP contribution in [-0.2, 0) is 30.8 Å². The molecule has 0 spiro atoms. The Labute approximate surface area is 164 Å². The second kappa shape index (κ2) is 9.39. The molecule has 144 valence electrons. The molecule has 2 aromatic rings. The van der Waals surface area contributed by atoms with E-state index in [1.54, 1.807) is 0 Å². The van der Waals surface area contributed by atoms with Gasteiger partial charge in [-0.3, -0.25) is 14.2 Å². The van der Waals surface area contributed by atoms with Crippen LogP contribution in [0.5, 0.6) is 0 Å². The number of nitrogens with one attached hydrogen (secondary N) is 2. The molecule has 0 bridgehead atoms. The van der Waals surface area contributed by atoms with E-state index in [9.17, 15) is 4.79 Å². The summed E-state index contributed by atoms with van der Waals surface area (Å²) in [6, 6.07) is 2.10. The summed E-state index contributed by atoms with van der Waals surface area (Å²) in [6.45, 7) is 7.80. The molecule has 0 radical (unpaired) electrons. The zero-order chi connectivity index (χ0) is 17.8. The van der Waals surface area contributed by atoms with Crippen molar-refractivity contribution in [3.63, 3.8) is 0 Å². The van der Waals surface area contributed by atoms with Gasteiger partial charge in [0.15, 0.2) is 0 Å². The van der Waals surface area contributed by atoms with Crippen molar-refractivity contribution in [2.45, 2.75) is 52.7 Å². The summed E-state index contributed by atoms with van der Waals surface area (Å²) in [5.41, 5.74) is 3.94. The first-order chi connectivity index (χ1) is 12.0. The quantitative estimate of drug-likeness (QED) is 0.777. The largest absolute Gasteiger partial charge is 0.354 e. The van der Waals surface area contributed by atoms with Gasteiger partial charge in [-0.15, -0.1) is 12.4 Å². The molecule has 1 aliphatic heterocycles. The Morgan fingerprint density at radius 2 is 2.19 bits per heavy atom. The fourth-order valence-corrected chi connectivity index (χ4v) is 3.20. The SMILES string of the molecule is Cc1nn(CCNC(=O)CCc2cc3n(n2)CCCNC3)c(C)c1Cl.Cl. The summed E-state index contributed by atoms with van der Waals surface area (Å²) in [6.07, 6.45) is 2.20. The van der Waals surface area contributed by atoms with Gasteiger partial charge in [0.05, 0.1) is 34.3 Å². The van der Waals surface area contributed by atoms with Gasteiger partial charge in [-0.25, -0.2) is 0 Å². The molecule has 0 aliphatic carbocycles. The van der Waals surface area contributed by atoms with Crippen LogP contribution < -0.4 is 10.6 Å². The Morgan fingerprint density at radius 3 is 2.92 bits per heavy atom. The Bertz CT molecular complexity index is 731. The maximum Gasteiger partial charge on any atom is 0.220 e. The average molecular weight is 401 g/mol. The summed E-state index contributed by atoms with van der Waals surface area (Å²) in [4.78, 5) is 12.0. The first kappa shape index (κ1) is 20.7. The number of halogens is 2. The highest BCUT2D eigenvalue weighted by atomic mass is 35.5. The predicted octanol–water partition coefficient (Wildman–Crippen LogP) is 2.01. The van der Waals surface area contributed by atoms with Gasteiger partial charge < -0.3 is 10.6 Å². The number of nitrogens with zero attached hydrogens (tertiary/aromatic N) is 4. The lowest BCUT2D eigenvalue weighted by molar-refractivity contribution is -0.121. The number of rotatable bonds is 6. The number of carbonyl (C=O) groups is 1. The van der Waals surface area contributed by atoms with Crippen LogP contribution in [0.4, 0.5) is 0 Å². The van der Waals surface area contributed by atoms with E-state index in [-0.39, 0.29) is 18.3 Å². The first-order valence-electron chi connectivity index (χ1n) is 8.77. The normalized spacial score (nSPS) is 13.7. The standard InChI is InChI=1S/C17H25ClN6O.ClH/c1-12-17(18)13(2)23(21-12)9-7-20-16(25)5-4-14-10-15-11-19-6-3-8-24(15)22-14;/h10,19H,3-9,11H2,1-2H3,(H,20,25);1H. The van der Waals surface area contributed by atoms with Crippen molar-refractivity contribution in [2.24, 2.45) is 0 Å². The maximum absolute atomic E-state index is 12.0. The molecule has 3 heterocycles. The van der Waals surface area contributed by atoms with Gasteiger partial charge in [-0.05, 0) is 32.9 Å². The number of fused-ring (bicyclic) bond motifs is 1. The van der Waals surface area contributed by atoms with Gasteiger partial charge >= 0.3 is 0 Å². The topological polar surface area (TPSA) is 76.8 Å². The van der Waals surface area contributed by atoms with Crippen molar-refractivity contribution in [1.82, 2.24) is 30.2 Å². The summed E-state index contributed by atoms with van der Waals surface area (Å²) in [5.74, 6) is 0.0361. The van der Waals surface area contributed by atoms with Crippen LogP contribution in [0.1, 0.15) is 35.6 Å². The van der Waals surface area contributed by atoms with Gasteiger partial charge in [-0.2, -0.15) is 10.2 Å². The number of hydrogen-bond donors (Lipinski definition) is 2. The Balaban J connectivity index is 0.00000243. The van der Waals surface area contributed by atoms with E-state index < -0.39 is 0 Å². The van der Waals surface area contributed by atoms with E-state index in [4.69, 9.17) is 11.6 Å². The predicted molar refractivity (Wildman–Crippen MR) is 104 cm³/mol. The van der Waals surface area contributed by atoms with Crippen molar-refractivity contribution < 1.29 is 4.79 Å². The van der Waals surface area contributed by atoms with E-state index in [1.807, 2.05) is 18.5 Å². The Hall–Kier alpha value is -1.57. The fraction of sp³-hybridized carbons (Fsp3) is 0.588. The smallest absolute Gasteiger partial charge is 0.220 e. The monoisotopic (exact) mass is 400 g/mol. The molecule has 26 heavy (non-hydrogen) atoms. The summed E-state index contributed by atoms with van der Waals surface area (Å²) in [7, 11) is 0. The molecule has 0 unspecified atom stereocenters. The lowest BCUT2D eigenvalue weighted by atomic mass is 10.2. The summed E-state index contributed by atoms with van der Waals surface area (Å²) >= 11 is 6.13. The fourth-order valence-electron chi connectivity index (χ4n) is 3.07. The molecule has 3 rings (SSSR count). The van der Waals surface area contributed by atoms with Crippen molar-refractivity contribution in [3.8, 4) is 0 Å².